The highest BCUT2D eigenvalue weighted by Gasteiger charge is 2.42. The van der Waals surface area contributed by atoms with E-state index in [4.69, 9.17) is 26.1 Å². The van der Waals surface area contributed by atoms with Gasteiger partial charge in [0, 0.05) is 49.7 Å². The smallest absolute Gasteiger partial charge is 0.281 e. The van der Waals surface area contributed by atoms with Crippen LogP contribution in [0.3, 0.4) is 0 Å². The van der Waals surface area contributed by atoms with Crippen molar-refractivity contribution in [1.29, 1.82) is 0 Å². The van der Waals surface area contributed by atoms with Crippen LogP contribution in [0.15, 0.2) is 95.2 Å². The van der Waals surface area contributed by atoms with E-state index < -0.39 is 31.9 Å². The number of ether oxygens (including phenoxy) is 2. The minimum Gasteiger partial charge on any atom is -0.477 e. The van der Waals surface area contributed by atoms with Gasteiger partial charge in [0.1, 0.15) is 22.6 Å². The molecule has 2 atom stereocenters. The van der Waals surface area contributed by atoms with Gasteiger partial charge in [-0.1, -0.05) is 51.4 Å². The van der Waals surface area contributed by atoms with Crippen molar-refractivity contribution in [2.24, 2.45) is 28.1 Å². The maximum Gasteiger partial charge on any atom is 0.281 e. The molecule has 4 N–H and O–H groups in total. The number of aromatic nitrogens is 8. The van der Waals surface area contributed by atoms with Crippen LogP contribution >= 0.6 is 11.6 Å². The van der Waals surface area contributed by atoms with Crippen LogP contribution in [-0.2, 0) is 20.0 Å². The van der Waals surface area contributed by atoms with Gasteiger partial charge >= 0.3 is 0 Å². The van der Waals surface area contributed by atoms with E-state index in [0.29, 0.717) is 95.9 Å². The summed E-state index contributed by atoms with van der Waals surface area (Å²) in [4.78, 5) is 45.9. The number of hydrogen-bond acceptors (Lipinski definition) is 17. The Morgan fingerprint density at radius 1 is 0.785 bits per heavy atom. The summed E-state index contributed by atoms with van der Waals surface area (Å²) in [5.74, 6) is 2.19. The predicted octanol–water partition coefficient (Wildman–Crippen LogP) is 8.62. The molecule has 3 saturated carbocycles. The monoisotopic (exact) mass is 1140 g/mol. The number of anilines is 3. The Hall–Kier alpha value is -6.85. The standard InChI is InChI=1S/C28H35ClN6O4S.C27H33N7O4S/c1-27(2)11-9-19(17-27)18-30-21-5-4-6-24(31-21)40(37,38)34-26(36)20-7-8-22(32-25(20)29)35-15-10-23(33-35)39-16-14-28(3)12-13-28;1-26(2)15-18-16-28-20-5-4-6-23(29-20)39(36,37)32-25(35)19-7-8-21(30-24(19)33(26)17-18)34-13-9-22(31-34)38-14-12-27(3)10-11-27/h4-8,10,15,19H,9,11-14,16-18H2,1-3H3,(H,30,31)(H,34,36);4-9,13,18H,10-12,14-17H2,1-3H3,(H,28,29)(H,32,35). The number of fused-ring (bicyclic) bond motifs is 6. The maximum atomic E-state index is 13.4. The van der Waals surface area contributed by atoms with Crippen molar-refractivity contribution in [3.63, 3.8) is 0 Å². The molecule has 1 saturated heterocycles. The van der Waals surface area contributed by atoms with Crippen LogP contribution < -0.4 is 34.5 Å². The second-order valence-corrected chi connectivity index (χ2v) is 27.3. The molecular weight excluding hydrogens is 1070 g/mol. The van der Waals surface area contributed by atoms with E-state index >= 15 is 0 Å². The van der Waals surface area contributed by atoms with Gasteiger partial charge in [0.2, 0.25) is 11.8 Å². The fraction of sp³-hybridized carbons (Fsp3) is 0.491. The van der Waals surface area contributed by atoms with Crippen molar-refractivity contribution in [2.75, 3.05) is 48.4 Å². The third-order valence-corrected chi connectivity index (χ3v) is 18.5. The van der Waals surface area contributed by atoms with E-state index in [1.54, 1.807) is 65.6 Å². The SMILES string of the molecule is CC1(C)CCC(CNc2cccc(S(=O)(=O)NC(=O)c3ccc(-n4ccc(OCCC5(C)CC5)n4)nc3Cl)n2)C1.CC1(CCOc2ccn(-c3ccc4c(n3)N3CC(CNc5cccc(n5)S(=O)(=O)NC4=O)CC3(C)C)n2)CC1. The van der Waals surface area contributed by atoms with Crippen molar-refractivity contribution >= 4 is 60.9 Å². The minimum atomic E-state index is -4.25. The molecule has 5 aliphatic rings. The van der Waals surface area contributed by atoms with Crippen LogP contribution in [0.4, 0.5) is 17.5 Å². The molecule has 0 aromatic carbocycles. The summed E-state index contributed by atoms with van der Waals surface area (Å²) < 4.78 is 70.9. The molecule has 2 unspecified atom stereocenters. The number of nitrogens with one attached hydrogen (secondary N) is 4. The average Bonchev–Trinajstić information content (AvgIpc) is 4.02. The Kier molecular flexibility index (Phi) is 15.2. The number of hydrogen-bond donors (Lipinski definition) is 4. The van der Waals surface area contributed by atoms with Gasteiger partial charge in [0.25, 0.3) is 31.9 Å². The highest BCUT2D eigenvalue weighted by molar-refractivity contribution is 7.90. The maximum absolute atomic E-state index is 13.4. The third-order valence-electron chi connectivity index (χ3n) is 15.8. The van der Waals surface area contributed by atoms with E-state index in [0.717, 1.165) is 32.1 Å². The van der Waals surface area contributed by atoms with Crippen LogP contribution in [0.25, 0.3) is 11.6 Å². The lowest BCUT2D eigenvalue weighted by atomic mass is 9.90. The molecule has 8 heterocycles. The Labute approximate surface area is 466 Å². The lowest BCUT2D eigenvalue weighted by Gasteiger charge is -2.33. The second kappa shape index (κ2) is 21.7. The molecular formula is C55H68ClN13O8S2. The second-order valence-electron chi connectivity index (χ2n) is 23.7. The van der Waals surface area contributed by atoms with Crippen molar-refractivity contribution < 1.29 is 35.9 Å². The zero-order valence-electron chi connectivity index (χ0n) is 45.3. The minimum absolute atomic E-state index is 0.0894. The number of carbonyl (C=O) groups excluding carboxylic acids is 2. The van der Waals surface area contributed by atoms with Crippen molar-refractivity contribution in [1.82, 2.24) is 48.9 Å². The summed E-state index contributed by atoms with van der Waals surface area (Å²) in [6.45, 7) is 16.4. The Morgan fingerprint density at radius 3 is 2.06 bits per heavy atom. The number of nitrogens with zero attached hydrogens (tertiary/aromatic N) is 9. The van der Waals surface area contributed by atoms with Gasteiger partial charge in [-0.25, -0.2) is 38.7 Å². The van der Waals surface area contributed by atoms with E-state index in [-0.39, 0.29) is 37.8 Å². The Morgan fingerprint density at radius 2 is 1.43 bits per heavy atom. The van der Waals surface area contributed by atoms with Crippen molar-refractivity contribution in [3.8, 4) is 23.4 Å². The summed E-state index contributed by atoms with van der Waals surface area (Å²) in [5, 5.41) is 14.7. The first-order chi connectivity index (χ1) is 37.4. The van der Waals surface area contributed by atoms with E-state index in [1.807, 2.05) is 4.72 Å². The molecule has 2 amide bonds. The number of halogens is 1. The zero-order valence-corrected chi connectivity index (χ0v) is 47.7. The van der Waals surface area contributed by atoms with Crippen LogP contribution in [0, 0.1) is 28.1 Å². The Balaban J connectivity index is 0.000000178. The Bertz CT molecular complexity index is 3490. The van der Waals surface area contributed by atoms with Crippen LogP contribution in [0.2, 0.25) is 5.15 Å². The molecule has 11 rings (SSSR count). The van der Waals surface area contributed by atoms with Gasteiger partial charge < -0.3 is 25.0 Å². The first-order valence-corrected chi connectivity index (χ1v) is 30.2. The quantitative estimate of drug-likeness (QED) is 0.0661. The number of pyridine rings is 4. The molecule has 3 aliphatic carbocycles. The van der Waals surface area contributed by atoms with Gasteiger partial charge in [0.05, 0.1) is 24.3 Å². The topological polar surface area (TPSA) is 259 Å². The molecule has 4 bridgehead atoms. The molecule has 0 radical (unpaired) electrons. The first-order valence-electron chi connectivity index (χ1n) is 26.8. The van der Waals surface area contributed by atoms with E-state index in [2.05, 4.69) is 86.9 Å². The molecule has 0 spiro atoms. The van der Waals surface area contributed by atoms with Gasteiger partial charge in [-0.3, -0.25) is 9.59 Å². The average molecular weight is 1140 g/mol. The van der Waals surface area contributed by atoms with Crippen LogP contribution in [0.5, 0.6) is 11.8 Å². The lowest BCUT2D eigenvalue weighted by molar-refractivity contribution is 0.0972. The summed E-state index contributed by atoms with van der Waals surface area (Å²) >= 11 is 6.28. The molecule has 24 heteroatoms. The van der Waals surface area contributed by atoms with Crippen LogP contribution in [0.1, 0.15) is 126 Å². The highest BCUT2D eigenvalue weighted by atomic mass is 35.5. The summed E-state index contributed by atoms with van der Waals surface area (Å²) in [5.41, 5.74) is 0.866. The molecule has 79 heavy (non-hydrogen) atoms. The fourth-order valence-corrected chi connectivity index (χ4v) is 12.5. The zero-order chi connectivity index (χ0) is 56.0. The van der Waals surface area contributed by atoms with Crippen molar-refractivity contribution in [2.45, 2.75) is 121 Å². The molecule has 4 fully saturated rings. The first kappa shape index (κ1) is 55.5. The number of rotatable bonds is 16. The van der Waals surface area contributed by atoms with Gasteiger partial charge in [-0.2, -0.15) is 16.8 Å². The normalized spacial score (nSPS) is 20.8. The van der Waals surface area contributed by atoms with Crippen LogP contribution in [-0.4, -0.2) is 107 Å². The van der Waals surface area contributed by atoms with E-state index in [1.165, 1.54) is 61.1 Å². The predicted molar refractivity (Wildman–Crippen MR) is 298 cm³/mol. The molecule has 6 aromatic rings. The van der Waals surface area contributed by atoms with Gasteiger partial charge in [0.15, 0.2) is 21.7 Å². The lowest BCUT2D eigenvalue weighted by Crippen LogP contribution is -2.41. The molecule has 21 nitrogen and oxygen atoms in total. The summed E-state index contributed by atoms with van der Waals surface area (Å²) in [6.07, 6.45) is 14.6. The molecule has 420 valence electrons. The van der Waals surface area contributed by atoms with E-state index in [9.17, 15) is 26.4 Å². The number of carbonyl (C=O) groups is 2. The fourth-order valence-electron chi connectivity index (χ4n) is 10.4. The van der Waals surface area contributed by atoms with Gasteiger partial charge in [-0.15, -0.1) is 10.2 Å². The largest absolute Gasteiger partial charge is 0.477 e. The third kappa shape index (κ3) is 13.4. The number of amides is 2. The summed E-state index contributed by atoms with van der Waals surface area (Å²) in [6, 6.07) is 19.0. The number of sulfonamides is 2. The van der Waals surface area contributed by atoms with Gasteiger partial charge in [-0.05, 0) is 155 Å². The highest BCUT2D eigenvalue weighted by Crippen LogP contribution is 2.49. The summed E-state index contributed by atoms with van der Waals surface area (Å²) in [7, 11) is -8.45. The molecule has 6 aromatic heterocycles. The molecule has 2 aliphatic heterocycles. The van der Waals surface area contributed by atoms with Crippen molar-refractivity contribution in [3.05, 3.63) is 101 Å².